The maximum Gasteiger partial charge on any atom is 0.264 e. The lowest BCUT2D eigenvalue weighted by Gasteiger charge is -2.24. The fourth-order valence-electron chi connectivity index (χ4n) is 4.23. The van der Waals surface area contributed by atoms with E-state index in [-0.39, 0.29) is 12.7 Å². The highest BCUT2D eigenvalue weighted by Gasteiger charge is 2.25. The van der Waals surface area contributed by atoms with E-state index in [1.54, 1.807) is 16.2 Å². The van der Waals surface area contributed by atoms with Crippen molar-refractivity contribution in [3.05, 3.63) is 59.0 Å². The fourth-order valence-corrected chi connectivity index (χ4v) is 5.27. The van der Waals surface area contributed by atoms with Crippen LogP contribution in [-0.2, 0) is 6.54 Å². The molecule has 2 aromatic carbocycles. The number of carbonyl (C=O) groups excluding carboxylic acids is 1. The molecule has 3 heterocycles. The van der Waals surface area contributed by atoms with E-state index in [9.17, 15) is 4.79 Å². The van der Waals surface area contributed by atoms with Crippen molar-refractivity contribution in [1.82, 2.24) is 4.90 Å². The molecule has 0 radical (unpaired) electrons. The number of likely N-dealkylation sites (tertiary alicyclic amines) is 1. The molecule has 0 aliphatic carbocycles. The predicted molar refractivity (Wildman–Crippen MR) is 114 cm³/mol. The molecular weight excluding hydrogens is 384 g/mol. The fraction of sp³-hybridized carbons (Fsp3) is 0.348. The van der Waals surface area contributed by atoms with Crippen molar-refractivity contribution in [3.8, 4) is 11.5 Å². The Bertz CT molecular complexity index is 993. The molecule has 5 rings (SSSR count). The van der Waals surface area contributed by atoms with E-state index < -0.39 is 0 Å². The summed E-state index contributed by atoms with van der Waals surface area (Å²) >= 11 is 1.57. The highest BCUT2D eigenvalue weighted by molar-refractivity contribution is 7.20. The Morgan fingerprint density at radius 3 is 2.79 bits per heavy atom. The number of nitrogens with zero attached hydrogens (tertiary/aromatic N) is 1. The summed E-state index contributed by atoms with van der Waals surface area (Å²) in [5.41, 5.74) is 1.01. The van der Waals surface area contributed by atoms with Gasteiger partial charge in [0.2, 0.25) is 6.79 Å². The van der Waals surface area contributed by atoms with Crippen LogP contribution in [0.3, 0.4) is 0 Å². The molecule has 29 heavy (non-hydrogen) atoms. The minimum atomic E-state index is 0.0984. The number of para-hydroxylation sites is 1. The first kappa shape index (κ1) is 18.5. The normalized spacial score (nSPS) is 15.9. The van der Waals surface area contributed by atoms with E-state index >= 15 is 0 Å². The first-order chi connectivity index (χ1) is 14.3. The molecule has 0 spiro atoms. The van der Waals surface area contributed by atoms with E-state index in [0.717, 1.165) is 45.1 Å². The summed E-state index contributed by atoms with van der Waals surface area (Å²) in [4.78, 5) is 17.9. The Morgan fingerprint density at radius 1 is 1.07 bits per heavy atom. The number of carbonyl (C=O) groups is 1. The van der Waals surface area contributed by atoms with Crippen molar-refractivity contribution >= 4 is 27.3 Å². The minimum Gasteiger partial charge on any atom is -0.454 e. The molecule has 1 fully saturated rings. The van der Waals surface area contributed by atoms with Gasteiger partial charge in [-0.15, -0.1) is 11.3 Å². The first-order valence-electron chi connectivity index (χ1n) is 10.3. The van der Waals surface area contributed by atoms with Crippen molar-refractivity contribution < 1.29 is 19.2 Å². The van der Waals surface area contributed by atoms with Crippen LogP contribution in [-0.4, -0.2) is 43.8 Å². The number of rotatable bonds is 6. The monoisotopic (exact) mass is 409 g/mol. The molecule has 3 aromatic rings. The number of quaternary nitrogens is 1. The maximum atomic E-state index is 13.5. The maximum absolute atomic E-state index is 13.5. The standard InChI is InChI=1S/C23H24N2O3S/c26-23(21-14-17-6-1-2-9-20(17)29-21)25(13-12-24-10-3-4-11-24)15-18-7-5-8-19-22(18)28-16-27-19/h1-2,5-9,14H,3-4,10-13,15-16H2/p+1. The van der Waals surface area contributed by atoms with Crippen molar-refractivity contribution in [3.63, 3.8) is 0 Å². The molecule has 2 aliphatic heterocycles. The highest BCUT2D eigenvalue weighted by Crippen LogP contribution is 2.36. The molecule has 5 nitrogen and oxygen atoms in total. The molecule has 1 N–H and O–H groups in total. The average molecular weight is 410 g/mol. The van der Waals surface area contributed by atoms with E-state index in [0.29, 0.717) is 6.54 Å². The molecule has 0 bridgehead atoms. The van der Waals surface area contributed by atoms with Crippen LogP contribution in [0.2, 0.25) is 0 Å². The molecular formula is C23H25N2O3S+. The van der Waals surface area contributed by atoms with Gasteiger partial charge < -0.3 is 19.3 Å². The molecule has 1 aromatic heterocycles. The number of hydrogen-bond acceptors (Lipinski definition) is 4. The van der Waals surface area contributed by atoms with Crippen LogP contribution in [0.4, 0.5) is 0 Å². The van der Waals surface area contributed by atoms with Crippen molar-refractivity contribution in [2.45, 2.75) is 19.4 Å². The molecule has 0 atom stereocenters. The molecule has 0 saturated carbocycles. The smallest absolute Gasteiger partial charge is 0.264 e. The van der Waals surface area contributed by atoms with E-state index in [2.05, 4.69) is 12.1 Å². The highest BCUT2D eigenvalue weighted by atomic mass is 32.1. The van der Waals surface area contributed by atoms with Gasteiger partial charge in [0.25, 0.3) is 5.91 Å². The van der Waals surface area contributed by atoms with Gasteiger partial charge in [-0.3, -0.25) is 4.79 Å². The number of ether oxygens (including phenoxy) is 2. The summed E-state index contributed by atoms with van der Waals surface area (Å²) in [5.74, 6) is 1.64. The number of benzene rings is 2. The first-order valence-corrected chi connectivity index (χ1v) is 11.1. The second-order valence-corrected chi connectivity index (χ2v) is 8.82. The Morgan fingerprint density at radius 2 is 1.93 bits per heavy atom. The van der Waals surface area contributed by atoms with Gasteiger partial charge in [0.05, 0.1) is 37.6 Å². The summed E-state index contributed by atoms with van der Waals surface area (Å²) in [5, 5.41) is 1.13. The molecule has 2 aliphatic rings. The lowest BCUT2D eigenvalue weighted by Crippen LogP contribution is -3.10. The zero-order chi connectivity index (χ0) is 19.6. The molecule has 150 valence electrons. The second kappa shape index (κ2) is 8.05. The zero-order valence-electron chi connectivity index (χ0n) is 16.4. The number of hydrogen-bond donors (Lipinski definition) is 1. The Balaban J connectivity index is 1.41. The third-order valence-electron chi connectivity index (χ3n) is 5.81. The Hall–Kier alpha value is -2.57. The van der Waals surface area contributed by atoms with Crippen molar-refractivity contribution in [1.29, 1.82) is 0 Å². The molecule has 1 saturated heterocycles. The number of nitrogens with one attached hydrogen (secondary N) is 1. The van der Waals surface area contributed by atoms with Crippen LogP contribution in [0, 0.1) is 0 Å². The van der Waals surface area contributed by atoms with Gasteiger partial charge in [-0.05, 0) is 23.6 Å². The lowest BCUT2D eigenvalue weighted by atomic mass is 10.1. The van der Waals surface area contributed by atoms with Gasteiger partial charge in [-0.2, -0.15) is 0 Å². The topological polar surface area (TPSA) is 43.2 Å². The largest absolute Gasteiger partial charge is 0.454 e. The van der Waals surface area contributed by atoms with Gasteiger partial charge in [0, 0.05) is 23.1 Å². The second-order valence-electron chi connectivity index (χ2n) is 7.73. The van der Waals surface area contributed by atoms with E-state index in [1.807, 2.05) is 41.3 Å². The third-order valence-corrected chi connectivity index (χ3v) is 6.91. The summed E-state index contributed by atoms with van der Waals surface area (Å²) < 4.78 is 12.3. The van der Waals surface area contributed by atoms with Crippen LogP contribution < -0.4 is 14.4 Å². The Labute approximate surface area is 174 Å². The molecule has 0 unspecified atom stereocenters. The number of thiophene rings is 1. The van der Waals surface area contributed by atoms with E-state index in [1.165, 1.54) is 25.9 Å². The Kier molecular flexibility index (Phi) is 5.12. The molecule has 1 amide bonds. The third kappa shape index (κ3) is 3.82. The van der Waals surface area contributed by atoms with Crippen molar-refractivity contribution in [2.75, 3.05) is 33.0 Å². The number of amides is 1. The summed E-state index contributed by atoms with van der Waals surface area (Å²) in [6.07, 6.45) is 2.58. The van der Waals surface area contributed by atoms with Crippen LogP contribution >= 0.6 is 11.3 Å². The van der Waals surface area contributed by atoms with E-state index in [4.69, 9.17) is 9.47 Å². The van der Waals surface area contributed by atoms with Gasteiger partial charge in [-0.25, -0.2) is 0 Å². The number of fused-ring (bicyclic) bond motifs is 2. The van der Waals surface area contributed by atoms with Crippen molar-refractivity contribution in [2.24, 2.45) is 0 Å². The lowest BCUT2D eigenvalue weighted by molar-refractivity contribution is -0.886. The quantitative estimate of drug-likeness (QED) is 0.681. The zero-order valence-corrected chi connectivity index (χ0v) is 17.2. The van der Waals surface area contributed by atoms with Crippen LogP contribution in [0.1, 0.15) is 28.1 Å². The van der Waals surface area contributed by atoms with Crippen LogP contribution in [0.15, 0.2) is 48.5 Å². The summed E-state index contributed by atoms with van der Waals surface area (Å²) in [7, 11) is 0. The van der Waals surface area contributed by atoms with Crippen LogP contribution in [0.5, 0.6) is 11.5 Å². The SMILES string of the molecule is O=C(c1cc2ccccc2s1)N(CC[NH+]1CCCC1)Cc1cccc2c1OCO2. The predicted octanol–water partition coefficient (Wildman–Crippen LogP) is 2.95. The van der Waals surface area contributed by atoms with Gasteiger partial charge in [0.15, 0.2) is 11.5 Å². The van der Waals surface area contributed by atoms with Gasteiger partial charge in [-0.1, -0.05) is 30.3 Å². The van der Waals surface area contributed by atoms with Gasteiger partial charge in [0.1, 0.15) is 0 Å². The molecule has 6 heteroatoms. The summed E-state index contributed by atoms with van der Waals surface area (Å²) in [6.45, 7) is 4.93. The van der Waals surface area contributed by atoms with Crippen LogP contribution in [0.25, 0.3) is 10.1 Å². The average Bonchev–Trinajstić information content (AvgIpc) is 3.50. The van der Waals surface area contributed by atoms with Gasteiger partial charge >= 0.3 is 0 Å². The minimum absolute atomic E-state index is 0.0984. The summed E-state index contributed by atoms with van der Waals surface area (Å²) in [6, 6.07) is 16.1.